The predicted molar refractivity (Wildman–Crippen MR) is 98.3 cm³/mol. The van der Waals surface area contributed by atoms with Crippen LogP contribution in [0.4, 0.5) is 5.69 Å². The highest BCUT2D eigenvalue weighted by Gasteiger charge is 2.57. The highest BCUT2D eigenvalue weighted by molar-refractivity contribution is 6.33. The molecular formula is C20H20ClNO2. The van der Waals surface area contributed by atoms with Gasteiger partial charge in [-0.05, 0) is 49.8 Å². The minimum absolute atomic E-state index is 0.209. The molecule has 0 bridgehead atoms. The highest BCUT2D eigenvalue weighted by Crippen LogP contribution is 2.55. The topological polar surface area (TPSA) is 21.7 Å². The number of halogens is 1. The Bertz CT molecular complexity index is 859. The molecule has 2 heterocycles. The van der Waals surface area contributed by atoms with Gasteiger partial charge in [0.25, 0.3) is 0 Å². The second-order valence-corrected chi connectivity index (χ2v) is 7.20. The third-order valence-corrected chi connectivity index (χ3v) is 5.79. The van der Waals surface area contributed by atoms with E-state index in [2.05, 4.69) is 56.1 Å². The summed E-state index contributed by atoms with van der Waals surface area (Å²) in [6, 6.07) is 12.2. The van der Waals surface area contributed by atoms with Crippen molar-refractivity contribution in [2.45, 2.75) is 25.0 Å². The minimum Gasteiger partial charge on any atom is -0.495 e. The van der Waals surface area contributed by atoms with Crippen LogP contribution >= 0.6 is 11.6 Å². The molecule has 1 unspecified atom stereocenters. The van der Waals surface area contributed by atoms with Gasteiger partial charge in [-0.3, -0.25) is 0 Å². The largest absolute Gasteiger partial charge is 0.495 e. The minimum atomic E-state index is -0.582. The van der Waals surface area contributed by atoms with Crippen molar-refractivity contribution in [1.82, 2.24) is 0 Å². The number of benzene rings is 2. The quantitative estimate of drug-likeness (QED) is 0.738. The number of methoxy groups -OCH3 is 1. The van der Waals surface area contributed by atoms with Crippen LogP contribution in [0.5, 0.6) is 11.5 Å². The SMILES string of the molecule is COc1ccc2c(c1Cl)C=CC1(O2)N(C)c2ccccc2C1(C)C. The molecule has 2 aromatic carbocycles. The molecule has 0 amide bonds. The first-order chi connectivity index (χ1) is 11.4. The first-order valence-corrected chi connectivity index (χ1v) is 8.38. The number of nitrogens with zero attached hydrogens (tertiary/aromatic N) is 1. The third-order valence-electron chi connectivity index (χ3n) is 5.40. The lowest BCUT2D eigenvalue weighted by Crippen LogP contribution is -2.58. The van der Waals surface area contributed by atoms with Gasteiger partial charge in [-0.25, -0.2) is 0 Å². The van der Waals surface area contributed by atoms with Gasteiger partial charge in [-0.1, -0.05) is 29.8 Å². The average Bonchev–Trinajstić information content (AvgIpc) is 2.75. The lowest BCUT2D eigenvalue weighted by Gasteiger charge is -2.45. The van der Waals surface area contributed by atoms with E-state index in [0.29, 0.717) is 10.8 Å². The van der Waals surface area contributed by atoms with Gasteiger partial charge in [0.15, 0.2) is 0 Å². The average molecular weight is 342 g/mol. The van der Waals surface area contributed by atoms with E-state index >= 15 is 0 Å². The molecule has 2 aliphatic rings. The van der Waals surface area contributed by atoms with E-state index in [1.165, 1.54) is 11.3 Å². The Morgan fingerprint density at radius 2 is 1.88 bits per heavy atom. The zero-order valence-corrected chi connectivity index (χ0v) is 15.0. The van der Waals surface area contributed by atoms with Crippen LogP contribution in [0.3, 0.4) is 0 Å². The zero-order chi connectivity index (χ0) is 17.1. The number of para-hydroxylation sites is 1. The number of likely N-dealkylation sites (N-methyl/N-ethyl adjacent to an activating group) is 1. The first kappa shape index (κ1) is 15.4. The van der Waals surface area contributed by atoms with Crippen LogP contribution in [0.15, 0.2) is 42.5 Å². The smallest absolute Gasteiger partial charge is 0.211 e. The summed E-state index contributed by atoms with van der Waals surface area (Å²) in [6.07, 6.45) is 4.16. The number of ether oxygens (including phenoxy) is 2. The molecule has 0 aromatic heterocycles. The maximum Gasteiger partial charge on any atom is 0.211 e. The molecule has 2 aliphatic heterocycles. The van der Waals surface area contributed by atoms with Crippen LogP contribution in [0.2, 0.25) is 5.02 Å². The summed E-state index contributed by atoms with van der Waals surface area (Å²) >= 11 is 6.45. The molecule has 4 heteroatoms. The van der Waals surface area contributed by atoms with Gasteiger partial charge in [-0.15, -0.1) is 0 Å². The van der Waals surface area contributed by atoms with Crippen molar-refractivity contribution in [2.75, 3.05) is 19.1 Å². The summed E-state index contributed by atoms with van der Waals surface area (Å²) < 4.78 is 11.9. The van der Waals surface area contributed by atoms with E-state index in [1.807, 2.05) is 18.2 Å². The molecule has 1 spiro atoms. The molecule has 0 fully saturated rings. The maximum atomic E-state index is 6.57. The van der Waals surface area contributed by atoms with Crippen molar-refractivity contribution in [3.05, 3.63) is 58.6 Å². The molecule has 0 saturated heterocycles. The number of anilines is 1. The first-order valence-electron chi connectivity index (χ1n) is 8.00. The van der Waals surface area contributed by atoms with Gasteiger partial charge in [-0.2, -0.15) is 0 Å². The number of hydrogen-bond donors (Lipinski definition) is 0. The van der Waals surface area contributed by atoms with Crippen molar-refractivity contribution in [1.29, 1.82) is 0 Å². The van der Waals surface area contributed by atoms with Crippen molar-refractivity contribution in [3.63, 3.8) is 0 Å². The molecule has 124 valence electrons. The molecular weight excluding hydrogens is 322 g/mol. The highest BCUT2D eigenvalue weighted by atomic mass is 35.5. The van der Waals surface area contributed by atoms with E-state index in [1.54, 1.807) is 7.11 Å². The van der Waals surface area contributed by atoms with Gasteiger partial charge in [0, 0.05) is 18.3 Å². The van der Waals surface area contributed by atoms with Gasteiger partial charge >= 0.3 is 0 Å². The summed E-state index contributed by atoms with van der Waals surface area (Å²) in [5.74, 6) is 1.43. The number of rotatable bonds is 1. The second kappa shape index (κ2) is 4.93. The molecule has 4 rings (SSSR count). The Balaban J connectivity index is 1.88. The van der Waals surface area contributed by atoms with Crippen molar-refractivity contribution < 1.29 is 9.47 Å². The molecule has 0 radical (unpaired) electrons. The van der Waals surface area contributed by atoms with Crippen LogP contribution in [0.1, 0.15) is 25.0 Å². The van der Waals surface area contributed by atoms with Crippen LogP contribution < -0.4 is 14.4 Å². The lowest BCUT2D eigenvalue weighted by atomic mass is 9.76. The van der Waals surface area contributed by atoms with Crippen LogP contribution in [0, 0.1) is 0 Å². The van der Waals surface area contributed by atoms with E-state index in [4.69, 9.17) is 21.1 Å². The molecule has 0 N–H and O–H groups in total. The second-order valence-electron chi connectivity index (χ2n) is 6.83. The lowest BCUT2D eigenvalue weighted by molar-refractivity contribution is 0.0581. The van der Waals surface area contributed by atoms with E-state index < -0.39 is 5.72 Å². The monoisotopic (exact) mass is 341 g/mol. The van der Waals surface area contributed by atoms with Crippen LogP contribution in [0.25, 0.3) is 6.08 Å². The van der Waals surface area contributed by atoms with E-state index in [-0.39, 0.29) is 5.41 Å². The fourth-order valence-electron chi connectivity index (χ4n) is 3.96. The van der Waals surface area contributed by atoms with Gasteiger partial charge in [0.1, 0.15) is 11.5 Å². The Kier molecular flexibility index (Phi) is 3.17. The molecule has 24 heavy (non-hydrogen) atoms. The number of fused-ring (bicyclic) bond motifs is 2. The molecule has 1 atom stereocenters. The maximum absolute atomic E-state index is 6.57. The Morgan fingerprint density at radius 1 is 1.12 bits per heavy atom. The molecule has 0 saturated carbocycles. The van der Waals surface area contributed by atoms with Gasteiger partial charge in [0.05, 0.1) is 17.5 Å². The van der Waals surface area contributed by atoms with Crippen molar-refractivity contribution in [2.24, 2.45) is 0 Å². The predicted octanol–water partition coefficient (Wildman–Crippen LogP) is 4.88. The Morgan fingerprint density at radius 3 is 2.58 bits per heavy atom. The normalized spacial score (nSPS) is 23.0. The van der Waals surface area contributed by atoms with Gasteiger partial charge in [0.2, 0.25) is 5.72 Å². The molecule has 0 aliphatic carbocycles. The fraction of sp³-hybridized carbons (Fsp3) is 0.300. The van der Waals surface area contributed by atoms with E-state index in [9.17, 15) is 0 Å². The van der Waals surface area contributed by atoms with Gasteiger partial charge < -0.3 is 14.4 Å². The standard InChI is InChI=1S/C20H20ClNO2/c1-19(2)14-7-5-6-8-15(14)22(3)20(19)12-11-13-16(24-20)9-10-17(23-4)18(13)21/h5-12H,1-4H3. The van der Waals surface area contributed by atoms with E-state index in [0.717, 1.165) is 11.3 Å². The molecule has 3 nitrogen and oxygen atoms in total. The summed E-state index contributed by atoms with van der Waals surface area (Å²) in [5.41, 5.74) is 2.54. The Hall–Kier alpha value is -2.13. The van der Waals surface area contributed by atoms with Crippen molar-refractivity contribution in [3.8, 4) is 11.5 Å². The fourth-order valence-corrected chi connectivity index (χ4v) is 4.25. The van der Waals surface area contributed by atoms with Crippen molar-refractivity contribution >= 4 is 23.4 Å². The van der Waals surface area contributed by atoms with Crippen LogP contribution in [-0.2, 0) is 5.41 Å². The number of hydrogen-bond acceptors (Lipinski definition) is 3. The zero-order valence-electron chi connectivity index (χ0n) is 14.3. The summed E-state index contributed by atoms with van der Waals surface area (Å²) in [5, 5.41) is 0.581. The van der Waals surface area contributed by atoms with Crippen LogP contribution in [-0.4, -0.2) is 19.9 Å². The third kappa shape index (κ3) is 1.73. The Labute approximate surface area is 147 Å². The molecule has 2 aromatic rings. The summed E-state index contributed by atoms with van der Waals surface area (Å²) in [7, 11) is 3.70. The summed E-state index contributed by atoms with van der Waals surface area (Å²) in [6.45, 7) is 4.44. The summed E-state index contributed by atoms with van der Waals surface area (Å²) in [4.78, 5) is 2.21.